The van der Waals surface area contributed by atoms with Crippen molar-refractivity contribution in [2.24, 2.45) is 0 Å². The number of nitrogens with one attached hydrogen (secondary N) is 2. The molecule has 7 nitrogen and oxygen atoms in total. The van der Waals surface area contributed by atoms with Crippen LogP contribution in [0, 0.1) is 6.92 Å². The fourth-order valence-corrected chi connectivity index (χ4v) is 1.77. The van der Waals surface area contributed by atoms with E-state index < -0.39 is 11.2 Å². The van der Waals surface area contributed by atoms with Gasteiger partial charge >= 0.3 is 5.69 Å². The number of nitrogens with zero attached hydrogens (tertiary/aromatic N) is 1. The van der Waals surface area contributed by atoms with E-state index in [0.717, 1.165) is 4.57 Å². The van der Waals surface area contributed by atoms with Crippen LogP contribution in [0.2, 0.25) is 0 Å². The number of rotatable bonds is 4. The predicted octanol–water partition coefficient (Wildman–Crippen LogP) is 0.492. The highest BCUT2D eigenvalue weighted by Crippen LogP contribution is 2.14. The second-order valence-corrected chi connectivity index (χ2v) is 4.48. The lowest BCUT2D eigenvalue weighted by Gasteiger charge is -2.08. The Bertz CT molecular complexity index is 759. The summed E-state index contributed by atoms with van der Waals surface area (Å²) in [7, 11) is 1.55. The zero-order chi connectivity index (χ0) is 15.4. The topological polar surface area (TPSA) is 93.2 Å². The van der Waals surface area contributed by atoms with E-state index in [9.17, 15) is 14.4 Å². The molecule has 2 aromatic rings. The molecule has 0 bridgehead atoms. The number of hydrogen-bond donors (Lipinski definition) is 2. The molecule has 110 valence electrons. The van der Waals surface area contributed by atoms with Gasteiger partial charge in [0.2, 0.25) is 5.91 Å². The molecule has 7 heteroatoms. The van der Waals surface area contributed by atoms with Gasteiger partial charge in [0.15, 0.2) is 0 Å². The lowest BCUT2D eigenvalue weighted by Crippen LogP contribution is -2.34. The molecule has 0 atom stereocenters. The average Bonchev–Trinajstić information content (AvgIpc) is 2.45. The number of carbonyl (C=O) groups excluding carboxylic acids is 1. The Hall–Kier alpha value is -2.83. The van der Waals surface area contributed by atoms with E-state index in [1.165, 1.54) is 6.20 Å². The Morgan fingerprint density at radius 2 is 1.95 bits per heavy atom. The van der Waals surface area contributed by atoms with E-state index in [1.54, 1.807) is 38.3 Å². The summed E-state index contributed by atoms with van der Waals surface area (Å²) in [4.78, 5) is 36.9. The van der Waals surface area contributed by atoms with Crippen LogP contribution >= 0.6 is 0 Å². The molecule has 2 rings (SSSR count). The van der Waals surface area contributed by atoms with Gasteiger partial charge in [-0.1, -0.05) is 0 Å². The average molecular weight is 289 g/mol. The van der Waals surface area contributed by atoms with Crippen LogP contribution in [0.1, 0.15) is 5.56 Å². The quantitative estimate of drug-likeness (QED) is 0.856. The zero-order valence-electron chi connectivity index (χ0n) is 11.7. The van der Waals surface area contributed by atoms with E-state index in [4.69, 9.17) is 4.74 Å². The number of ether oxygens (including phenoxy) is 1. The maximum absolute atomic E-state index is 11.9. The largest absolute Gasteiger partial charge is 0.497 e. The molecule has 0 aliphatic rings. The van der Waals surface area contributed by atoms with Crippen LogP contribution in [0.5, 0.6) is 5.75 Å². The fourth-order valence-electron chi connectivity index (χ4n) is 1.77. The molecule has 21 heavy (non-hydrogen) atoms. The smallest absolute Gasteiger partial charge is 0.328 e. The van der Waals surface area contributed by atoms with Crippen LogP contribution in [0.25, 0.3) is 0 Å². The van der Waals surface area contributed by atoms with Gasteiger partial charge in [0.1, 0.15) is 12.3 Å². The van der Waals surface area contributed by atoms with Gasteiger partial charge in [0, 0.05) is 17.4 Å². The van der Waals surface area contributed by atoms with Gasteiger partial charge < -0.3 is 10.1 Å². The molecule has 1 amide bonds. The second-order valence-electron chi connectivity index (χ2n) is 4.48. The third-order valence-electron chi connectivity index (χ3n) is 2.88. The Labute approximate surface area is 120 Å². The van der Waals surface area contributed by atoms with Crippen molar-refractivity contribution in [1.29, 1.82) is 0 Å². The van der Waals surface area contributed by atoms with Crippen molar-refractivity contribution in [2.45, 2.75) is 13.5 Å². The summed E-state index contributed by atoms with van der Waals surface area (Å²) in [6.45, 7) is 1.39. The van der Waals surface area contributed by atoms with Crippen LogP contribution < -0.4 is 21.3 Å². The van der Waals surface area contributed by atoms with Crippen molar-refractivity contribution in [1.82, 2.24) is 9.55 Å². The molecule has 1 aromatic heterocycles. The van der Waals surface area contributed by atoms with Crippen molar-refractivity contribution in [3.63, 3.8) is 0 Å². The number of aromatic amines is 1. The van der Waals surface area contributed by atoms with Crippen LogP contribution in [-0.4, -0.2) is 22.6 Å². The van der Waals surface area contributed by atoms with Gasteiger partial charge in [-0.05, 0) is 31.2 Å². The summed E-state index contributed by atoms with van der Waals surface area (Å²) in [6, 6.07) is 6.81. The lowest BCUT2D eigenvalue weighted by molar-refractivity contribution is -0.116. The molecule has 0 fully saturated rings. The van der Waals surface area contributed by atoms with Crippen LogP contribution in [0.4, 0.5) is 5.69 Å². The molecule has 0 saturated heterocycles. The SMILES string of the molecule is COc1ccc(NC(=O)Cn2cc(C)c(=O)[nH]c2=O)cc1. The van der Waals surface area contributed by atoms with E-state index in [-0.39, 0.29) is 12.5 Å². The van der Waals surface area contributed by atoms with E-state index in [1.807, 2.05) is 0 Å². The molecular weight excluding hydrogens is 274 g/mol. The molecule has 0 unspecified atom stereocenters. The first kappa shape index (κ1) is 14.6. The molecule has 1 heterocycles. The number of anilines is 1. The van der Waals surface area contributed by atoms with Crippen molar-refractivity contribution in [3.05, 3.63) is 56.9 Å². The molecule has 0 spiro atoms. The summed E-state index contributed by atoms with van der Waals surface area (Å²) in [5, 5.41) is 2.66. The van der Waals surface area contributed by atoms with Crippen molar-refractivity contribution < 1.29 is 9.53 Å². The Morgan fingerprint density at radius 3 is 2.57 bits per heavy atom. The third-order valence-corrected chi connectivity index (χ3v) is 2.88. The van der Waals surface area contributed by atoms with Gasteiger partial charge in [0.25, 0.3) is 5.56 Å². The van der Waals surface area contributed by atoms with Crippen LogP contribution in [-0.2, 0) is 11.3 Å². The minimum atomic E-state index is -0.615. The monoisotopic (exact) mass is 289 g/mol. The number of H-pyrrole nitrogens is 1. The van der Waals surface area contributed by atoms with Gasteiger partial charge in [-0.25, -0.2) is 4.79 Å². The van der Waals surface area contributed by atoms with Crippen LogP contribution in [0.15, 0.2) is 40.1 Å². The lowest BCUT2D eigenvalue weighted by atomic mass is 10.3. The number of methoxy groups -OCH3 is 1. The summed E-state index contributed by atoms with van der Waals surface area (Å²) in [6.07, 6.45) is 1.36. The first-order valence-electron chi connectivity index (χ1n) is 6.24. The fraction of sp³-hybridized carbons (Fsp3) is 0.214. The summed E-state index contributed by atoms with van der Waals surface area (Å²) >= 11 is 0. The summed E-state index contributed by atoms with van der Waals surface area (Å²) in [5.41, 5.74) is -0.107. The number of aromatic nitrogens is 2. The van der Waals surface area contributed by atoms with Crippen molar-refractivity contribution in [2.75, 3.05) is 12.4 Å². The van der Waals surface area contributed by atoms with Gasteiger partial charge in [0.05, 0.1) is 7.11 Å². The zero-order valence-corrected chi connectivity index (χ0v) is 11.7. The van der Waals surface area contributed by atoms with E-state index in [2.05, 4.69) is 10.3 Å². The normalized spacial score (nSPS) is 10.2. The Kier molecular flexibility index (Phi) is 4.22. The van der Waals surface area contributed by atoms with Gasteiger partial charge in [-0.15, -0.1) is 0 Å². The van der Waals surface area contributed by atoms with Crippen LogP contribution in [0.3, 0.4) is 0 Å². The number of aryl methyl sites for hydroxylation is 1. The van der Waals surface area contributed by atoms with Crippen molar-refractivity contribution in [3.8, 4) is 5.75 Å². The van der Waals surface area contributed by atoms with Gasteiger partial charge in [-0.2, -0.15) is 0 Å². The minimum absolute atomic E-state index is 0.178. The number of hydrogen-bond acceptors (Lipinski definition) is 4. The first-order valence-corrected chi connectivity index (χ1v) is 6.24. The molecule has 0 saturated carbocycles. The molecule has 2 N–H and O–H groups in total. The molecule has 0 aliphatic carbocycles. The summed E-state index contributed by atoms with van der Waals surface area (Å²) < 4.78 is 6.17. The molecular formula is C14H15N3O4. The Morgan fingerprint density at radius 1 is 1.29 bits per heavy atom. The maximum atomic E-state index is 11.9. The highest BCUT2D eigenvalue weighted by Gasteiger charge is 2.07. The standard InChI is InChI=1S/C14H15N3O4/c1-9-7-17(14(20)16-13(9)19)8-12(18)15-10-3-5-11(21-2)6-4-10/h3-7H,8H2,1-2H3,(H,15,18)(H,16,19,20). The molecule has 0 radical (unpaired) electrons. The minimum Gasteiger partial charge on any atom is -0.497 e. The predicted molar refractivity (Wildman–Crippen MR) is 77.7 cm³/mol. The van der Waals surface area contributed by atoms with E-state index >= 15 is 0 Å². The first-order chi connectivity index (χ1) is 9.99. The number of carbonyl (C=O) groups is 1. The summed E-state index contributed by atoms with van der Waals surface area (Å²) in [5.74, 6) is 0.314. The second kappa shape index (κ2) is 6.08. The number of benzene rings is 1. The van der Waals surface area contributed by atoms with Crippen molar-refractivity contribution >= 4 is 11.6 Å². The highest BCUT2D eigenvalue weighted by molar-refractivity contribution is 5.90. The molecule has 1 aromatic carbocycles. The van der Waals surface area contributed by atoms with Gasteiger partial charge in [-0.3, -0.25) is 19.1 Å². The van der Waals surface area contributed by atoms with E-state index in [0.29, 0.717) is 17.0 Å². The maximum Gasteiger partial charge on any atom is 0.328 e. The highest BCUT2D eigenvalue weighted by atomic mass is 16.5. The number of amides is 1. The Balaban J connectivity index is 2.09. The molecule has 0 aliphatic heterocycles. The third kappa shape index (κ3) is 3.59.